The van der Waals surface area contributed by atoms with E-state index in [0.29, 0.717) is 13.0 Å². The number of aliphatic hydroxyl groups is 1. The molecule has 0 aliphatic heterocycles. The molecule has 118 valence electrons. The van der Waals surface area contributed by atoms with Gasteiger partial charge in [-0.05, 0) is 41.7 Å². The second-order valence-electron chi connectivity index (χ2n) is 5.60. The van der Waals surface area contributed by atoms with Gasteiger partial charge in [-0.1, -0.05) is 56.2 Å². The molecular formula is C20H26O2. The Hall–Kier alpha value is -1.80. The van der Waals surface area contributed by atoms with Crippen LogP contribution in [0.1, 0.15) is 38.2 Å². The summed E-state index contributed by atoms with van der Waals surface area (Å²) in [6.07, 6.45) is 5.69. The number of rotatable bonds is 9. The van der Waals surface area contributed by atoms with E-state index in [2.05, 4.69) is 43.3 Å². The Bertz CT molecular complexity index is 477. The third kappa shape index (κ3) is 5.19. The Morgan fingerprint density at radius 2 is 1.45 bits per heavy atom. The van der Waals surface area contributed by atoms with Crippen LogP contribution in [0.3, 0.4) is 0 Å². The van der Waals surface area contributed by atoms with E-state index < -0.39 is 0 Å². The summed E-state index contributed by atoms with van der Waals surface area (Å²) in [5.74, 6) is 0.855. The average Bonchev–Trinajstić information content (AvgIpc) is 2.57. The van der Waals surface area contributed by atoms with Crippen molar-refractivity contribution < 1.29 is 9.84 Å². The second-order valence-corrected chi connectivity index (χ2v) is 5.60. The lowest BCUT2D eigenvalue weighted by molar-refractivity contribution is 0.233. The first-order valence-electron chi connectivity index (χ1n) is 8.26. The highest BCUT2D eigenvalue weighted by atomic mass is 16.5. The van der Waals surface area contributed by atoms with Gasteiger partial charge in [-0.15, -0.1) is 0 Å². The van der Waals surface area contributed by atoms with Gasteiger partial charge in [0, 0.05) is 13.0 Å². The lowest BCUT2D eigenvalue weighted by atomic mass is 10.0. The molecule has 2 aromatic carbocycles. The maximum Gasteiger partial charge on any atom is 0.119 e. The van der Waals surface area contributed by atoms with Crippen molar-refractivity contribution in [3.63, 3.8) is 0 Å². The van der Waals surface area contributed by atoms with E-state index in [9.17, 15) is 0 Å². The zero-order valence-corrected chi connectivity index (χ0v) is 13.4. The molecule has 0 aliphatic rings. The molecular weight excluding hydrogens is 272 g/mol. The van der Waals surface area contributed by atoms with E-state index in [4.69, 9.17) is 9.84 Å². The molecule has 2 aromatic rings. The molecule has 0 saturated heterocycles. The van der Waals surface area contributed by atoms with Crippen LogP contribution < -0.4 is 4.74 Å². The fraction of sp³-hybridized carbons (Fsp3) is 0.400. The summed E-state index contributed by atoms with van der Waals surface area (Å²) in [6, 6.07) is 17.0. The number of hydrogen-bond acceptors (Lipinski definition) is 2. The van der Waals surface area contributed by atoms with Gasteiger partial charge in [0.15, 0.2) is 0 Å². The summed E-state index contributed by atoms with van der Waals surface area (Å²) in [5.41, 5.74) is 3.86. The topological polar surface area (TPSA) is 29.5 Å². The number of aliphatic hydroxyl groups excluding tert-OH is 1. The zero-order valence-electron chi connectivity index (χ0n) is 13.4. The molecule has 0 radical (unpaired) electrons. The van der Waals surface area contributed by atoms with Gasteiger partial charge in [-0.2, -0.15) is 0 Å². The Morgan fingerprint density at radius 1 is 0.818 bits per heavy atom. The highest BCUT2D eigenvalue weighted by Gasteiger charge is 2.00. The van der Waals surface area contributed by atoms with Crippen molar-refractivity contribution in [1.29, 1.82) is 0 Å². The Balaban J connectivity index is 1.93. The van der Waals surface area contributed by atoms with Crippen molar-refractivity contribution >= 4 is 0 Å². The molecule has 2 nitrogen and oxygen atoms in total. The molecule has 1 N–H and O–H groups in total. The van der Waals surface area contributed by atoms with Crippen LogP contribution in [0.25, 0.3) is 11.1 Å². The minimum atomic E-state index is 0.169. The van der Waals surface area contributed by atoms with Gasteiger partial charge in [0.25, 0.3) is 0 Å². The first kappa shape index (κ1) is 16.6. The van der Waals surface area contributed by atoms with Gasteiger partial charge in [0.05, 0.1) is 6.61 Å². The van der Waals surface area contributed by atoms with Gasteiger partial charge in [-0.25, -0.2) is 0 Å². The van der Waals surface area contributed by atoms with Crippen LogP contribution in [0.5, 0.6) is 5.75 Å². The molecule has 0 aromatic heterocycles. The van der Waals surface area contributed by atoms with Gasteiger partial charge in [-0.3, -0.25) is 0 Å². The minimum absolute atomic E-state index is 0.169. The number of hydrogen-bond donors (Lipinski definition) is 1. The number of ether oxygens (including phenoxy) is 1. The third-order valence-electron chi connectivity index (χ3n) is 3.78. The van der Waals surface area contributed by atoms with Crippen molar-refractivity contribution in [3.8, 4) is 16.9 Å². The molecule has 0 heterocycles. The Labute approximate surface area is 133 Å². The van der Waals surface area contributed by atoms with Crippen LogP contribution in [-0.2, 0) is 6.42 Å². The molecule has 0 saturated carbocycles. The van der Waals surface area contributed by atoms with E-state index in [1.54, 1.807) is 0 Å². The van der Waals surface area contributed by atoms with Crippen molar-refractivity contribution in [2.75, 3.05) is 13.2 Å². The summed E-state index contributed by atoms with van der Waals surface area (Å²) in [7, 11) is 0. The van der Waals surface area contributed by atoms with Crippen molar-refractivity contribution in [1.82, 2.24) is 0 Å². The average molecular weight is 298 g/mol. The normalized spacial score (nSPS) is 10.6. The predicted octanol–water partition coefficient (Wildman–Crippen LogP) is 4.85. The summed E-state index contributed by atoms with van der Waals surface area (Å²) in [6.45, 7) is 2.96. The molecule has 0 spiro atoms. The zero-order chi connectivity index (χ0) is 15.6. The predicted molar refractivity (Wildman–Crippen MR) is 92.3 cm³/mol. The Kier molecular flexibility index (Phi) is 6.98. The monoisotopic (exact) mass is 298 g/mol. The lowest BCUT2D eigenvalue weighted by Crippen LogP contribution is -1.99. The van der Waals surface area contributed by atoms with Crippen molar-refractivity contribution in [3.05, 3.63) is 54.1 Å². The van der Waals surface area contributed by atoms with Gasteiger partial charge < -0.3 is 9.84 Å². The maximum atomic E-state index is 8.75. The molecule has 0 bridgehead atoms. The van der Waals surface area contributed by atoms with Gasteiger partial charge in [0.1, 0.15) is 5.75 Å². The quantitative estimate of drug-likeness (QED) is 0.671. The molecule has 0 fully saturated rings. The standard InChI is InChI=1S/C20H26O2/c1-2-3-4-6-17-7-9-18(10-8-17)19-11-13-20(14-12-19)22-16-5-15-21/h7-14,21H,2-6,15-16H2,1H3. The summed E-state index contributed by atoms with van der Waals surface area (Å²) in [4.78, 5) is 0. The first-order chi connectivity index (χ1) is 10.8. The Morgan fingerprint density at radius 3 is 2.05 bits per heavy atom. The molecule has 0 amide bonds. The fourth-order valence-corrected chi connectivity index (χ4v) is 2.44. The van der Waals surface area contributed by atoms with E-state index >= 15 is 0 Å². The smallest absolute Gasteiger partial charge is 0.119 e. The van der Waals surface area contributed by atoms with E-state index in [1.165, 1.54) is 42.4 Å². The van der Waals surface area contributed by atoms with Crippen LogP contribution in [0.15, 0.2) is 48.5 Å². The second kappa shape index (κ2) is 9.26. The summed E-state index contributed by atoms with van der Waals surface area (Å²) >= 11 is 0. The van der Waals surface area contributed by atoms with Gasteiger partial charge >= 0.3 is 0 Å². The molecule has 0 aliphatic carbocycles. The van der Waals surface area contributed by atoms with E-state index in [1.807, 2.05) is 12.1 Å². The third-order valence-corrected chi connectivity index (χ3v) is 3.78. The number of benzene rings is 2. The van der Waals surface area contributed by atoms with Crippen LogP contribution in [-0.4, -0.2) is 18.3 Å². The maximum absolute atomic E-state index is 8.75. The fourth-order valence-electron chi connectivity index (χ4n) is 2.44. The minimum Gasteiger partial charge on any atom is -0.494 e. The van der Waals surface area contributed by atoms with Crippen molar-refractivity contribution in [2.24, 2.45) is 0 Å². The van der Waals surface area contributed by atoms with Crippen LogP contribution in [0, 0.1) is 0 Å². The number of aryl methyl sites for hydroxylation is 1. The SMILES string of the molecule is CCCCCc1ccc(-c2ccc(OCCCO)cc2)cc1. The van der Waals surface area contributed by atoms with E-state index in [-0.39, 0.29) is 6.61 Å². The largest absolute Gasteiger partial charge is 0.494 e. The highest BCUT2D eigenvalue weighted by molar-refractivity contribution is 5.64. The summed E-state index contributed by atoms with van der Waals surface area (Å²) < 4.78 is 5.55. The molecule has 2 heteroatoms. The van der Waals surface area contributed by atoms with Crippen LogP contribution >= 0.6 is 0 Å². The summed E-state index contributed by atoms with van der Waals surface area (Å²) in [5, 5.41) is 8.75. The van der Waals surface area contributed by atoms with Gasteiger partial charge in [0.2, 0.25) is 0 Å². The lowest BCUT2D eigenvalue weighted by Gasteiger charge is -2.07. The first-order valence-corrected chi connectivity index (χ1v) is 8.26. The number of unbranched alkanes of at least 4 members (excludes halogenated alkanes) is 2. The van der Waals surface area contributed by atoms with Crippen molar-refractivity contribution in [2.45, 2.75) is 39.0 Å². The van der Waals surface area contributed by atoms with E-state index in [0.717, 1.165) is 5.75 Å². The molecule has 0 atom stereocenters. The van der Waals surface area contributed by atoms with Crippen LogP contribution in [0.4, 0.5) is 0 Å². The van der Waals surface area contributed by atoms with Crippen LogP contribution in [0.2, 0.25) is 0 Å². The highest BCUT2D eigenvalue weighted by Crippen LogP contribution is 2.23. The molecule has 22 heavy (non-hydrogen) atoms. The molecule has 2 rings (SSSR count). The molecule has 0 unspecified atom stereocenters.